The number of amides is 1. The first-order valence-electron chi connectivity index (χ1n) is 6.14. The number of nitrogens with one attached hydrogen (secondary N) is 1. The fraction of sp³-hybridized carbons (Fsp3) is 0.583. The van der Waals surface area contributed by atoms with Crippen molar-refractivity contribution in [2.45, 2.75) is 40.2 Å². The van der Waals surface area contributed by atoms with E-state index in [-0.39, 0.29) is 10.9 Å². The first kappa shape index (κ1) is 14.6. The van der Waals surface area contributed by atoms with Gasteiger partial charge in [-0.1, -0.05) is 26.1 Å². The maximum absolute atomic E-state index is 12.3. The van der Waals surface area contributed by atoms with Crippen molar-refractivity contribution in [2.24, 2.45) is 11.1 Å². The summed E-state index contributed by atoms with van der Waals surface area (Å²) in [7, 11) is 0. The van der Waals surface area contributed by atoms with Crippen molar-refractivity contribution in [1.29, 1.82) is 0 Å². The summed E-state index contributed by atoms with van der Waals surface area (Å²) in [5, 5.41) is 6.94. The molecule has 0 saturated carbocycles. The molecule has 1 amide bonds. The highest BCUT2D eigenvalue weighted by Crippen LogP contribution is 2.28. The third-order valence-corrected chi connectivity index (χ3v) is 3.72. The van der Waals surface area contributed by atoms with Crippen molar-refractivity contribution < 1.29 is 4.79 Å². The van der Waals surface area contributed by atoms with Crippen LogP contribution in [0.3, 0.4) is 0 Å². The standard InChI is InChI=1S/C12H20N4OS/c1-4-12(5-2,10(13)18)11(17)15-9-7-14-16(6-3)8-9/h7-8H,4-6H2,1-3H3,(H2,13,18)(H,15,17). The Morgan fingerprint density at radius 3 is 2.50 bits per heavy atom. The molecule has 3 N–H and O–H groups in total. The van der Waals surface area contributed by atoms with Gasteiger partial charge in [-0.15, -0.1) is 0 Å². The van der Waals surface area contributed by atoms with Crippen LogP contribution in [0.15, 0.2) is 12.4 Å². The second-order valence-electron chi connectivity index (χ2n) is 4.19. The van der Waals surface area contributed by atoms with Crippen LogP contribution in [-0.4, -0.2) is 20.7 Å². The number of carbonyl (C=O) groups is 1. The molecule has 1 rings (SSSR count). The van der Waals surface area contributed by atoms with Gasteiger partial charge in [-0.05, 0) is 19.8 Å². The second kappa shape index (κ2) is 5.95. The molecule has 18 heavy (non-hydrogen) atoms. The molecule has 1 aromatic heterocycles. The number of hydrogen-bond donors (Lipinski definition) is 2. The minimum Gasteiger partial charge on any atom is -0.392 e. The number of thiocarbonyl (C=S) groups is 1. The van der Waals surface area contributed by atoms with Gasteiger partial charge < -0.3 is 11.1 Å². The smallest absolute Gasteiger partial charge is 0.237 e. The van der Waals surface area contributed by atoms with Crippen LogP contribution in [0.5, 0.6) is 0 Å². The normalized spacial score (nSPS) is 11.3. The Hall–Kier alpha value is -1.43. The van der Waals surface area contributed by atoms with Gasteiger partial charge in [0, 0.05) is 12.7 Å². The average Bonchev–Trinajstić information content (AvgIpc) is 2.78. The third-order valence-electron chi connectivity index (χ3n) is 3.33. The molecular formula is C12H20N4OS. The third kappa shape index (κ3) is 2.69. The van der Waals surface area contributed by atoms with Gasteiger partial charge >= 0.3 is 0 Å². The lowest BCUT2D eigenvalue weighted by Crippen LogP contribution is -2.45. The van der Waals surface area contributed by atoms with E-state index in [4.69, 9.17) is 18.0 Å². The Morgan fingerprint density at radius 1 is 1.50 bits per heavy atom. The summed E-state index contributed by atoms with van der Waals surface area (Å²) in [6.45, 7) is 6.57. The van der Waals surface area contributed by atoms with Crippen LogP contribution in [0.25, 0.3) is 0 Å². The van der Waals surface area contributed by atoms with Gasteiger partial charge in [0.1, 0.15) is 0 Å². The molecule has 0 aliphatic rings. The van der Waals surface area contributed by atoms with Crippen molar-refractivity contribution in [1.82, 2.24) is 9.78 Å². The van der Waals surface area contributed by atoms with Gasteiger partial charge in [-0.3, -0.25) is 9.48 Å². The van der Waals surface area contributed by atoms with Crippen LogP contribution in [0, 0.1) is 5.41 Å². The number of nitrogens with zero attached hydrogens (tertiary/aromatic N) is 2. The maximum Gasteiger partial charge on any atom is 0.237 e. The van der Waals surface area contributed by atoms with Crippen LogP contribution >= 0.6 is 12.2 Å². The molecule has 0 aliphatic heterocycles. The van der Waals surface area contributed by atoms with Gasteiger partial charge in [-0.2, -0.15) is 5.10 Å². The van der Waals surface area contributed by atoms with E-state index in [1.165, 1.54) is 0 Å². The highest BCUT2D eigenvalue weighted by molar-refractivity contribution is 7.80. The number of carbonyl (C=O) groups excluding carboxylic acids is 1. The molecule has 6 heteroatoms. The van der Waals surface area contributed by atoms with Crippen molar-refractivity contribution in [3.63, 3.8) is 0 Å². The van der Waals surface area contributed by atoms with E-state index in [0.717, 1.165) is 6.54 Å². The summed E-state index contributed by atoms with van der Waals surface area (Å²) in [6.07, 6.45) is 4.59. The van der Waals surface area contributed by atoms with Gasteiger partial charge in [0.15, 0.2) is 0 Å². The van der Waals surface area contributed by atoms with Crippen molar-refractivity contribution >= 4 is 28.8 Å². The summed E-state index contributed by atoms with van der Waals surface area (Å²) in [5.41, 5.74) is 5.63. The Morgan fingerprint density at radius 2 is 2.11 bits per heavy atom. The molecule has 1 heterocycles. The topological polar surface area (TPSA) is 72.9 Å². The zero-order chi connectivity index (χ0) is 13.8. The number of aryl methyl sites for hydroxylation is 1. The van der Waals surface area contributed by atoms with Crippen LogP contribution < -0.4 is 11.1 Å². The lowest BCUT2D eigenvalue weighted by atomic mass is 9.81. The van der Waals surface area contributed by atoms with Crippen molar-refractivity contribution in [3.05, 3.63) is 12.4 Å². The van der Waals surface area contributed by atoms with E-state index >= 15 is 0 Å². The summed E-state index contributed by atoms with van der Waals surface area (Å²) < 4.78 is 1.75. The first-order valence-corrected chi connectivity index (χ1v) is 6.54. The van der Waals surface area contributed by atoms with Crippen LogP contribution in [0.1, 0.15) is 33.6 Å². The number of hydrogen-bond acceptors (Lipinski definition) is 3. The molecule has 0 fully saturated rings. The van der Waals surface area contributed by atoms with E-state index in [2.05, 4.69) is 10.4 Å². The molecule has 0 bridgehead atoms. The highest BCUT2D eigenvalue weighted by atomic mass is 32.1. The molecule has 100 valence electrons. The predicted molar refractivity (Wildman–Crippen MR) is 76.3 cm³/mol. The van der Waals surface area contributed by atoms with Gasteiger partial charge in [-0.25, -0.2) is 0 Å². The van der Waals surface area contributed by atoms with E-state index in [1.54, 1.807) is 17.1 Å². The molecule has 5 nitrogen and oxygen atoms in total. The van der Waals surface area contributed by atoms with Crippen molar-refractivity contribution in [2.75, 3.05) is 5.32 Å². The lowest BCUT2D eigenvalue weighted by molar-refractivity contribution is -0.122. The van der Waals surface area contributed by atoms with Gasteiger partial charge in [0.25, 0.3) is 0 Å². The summed E-state index contributed by atoms with van der Waals surface area (Å²) in [4.78, 5) is 12.6. The molecule has 0 spiro atoms. The van der Waals surface area contributed by atoms with E-state index in [1.807, 2.05) is 20.8 Å². The number of aromatic nitrogens is 2. The number of anilines is 1. The maximum atomic E-state index is 12.3. The molecule has 0 aliphatic carbocycles. The Balaban J connectivity index is 2.88. The Labute approximate surface area is 113 Å². The molecule has 0 radical (unpaired) electrons. The highest BCUT2D eigenvalue weighted by Gasteiger charge is 2.38. The quantitative estimate of drug-likeness (QED) is 0.773. The predicted octanol–water partition coefficient (Wildman–Crippen LogP) is 1.93. The van der Waals surface area contributed by atoms with Gasteiger partial charge in [0.05, 0.1) is 22.3 Å². The van der Waals surface area contributed by atoms with Crippen LogP contribution in [0.4, 0.5) is 5.69 Å². The molecule has 0 atom stereocenters. The fourth-order valence-corrected chi connectivity index (χ4v) is 2.26. The minimum atomic E-state index is -0.774. The Bertz CT molecular complexity index is 437. The van der Waals surface area contributed by atoms with E-state index in [9.17, 15) is 4.79 Å². The minimum absolute atomic E-state index is 0.157. The van der Waals surface area contributed by atoms with Crippen LogP contribution in [-0.2, 0) is 11.3 Å². The molecule has 0 unspecified atom stereocenters. The SMILES string of the molecule is CCn1cc(NC(=O)C(CC)(CC)C(N)=S)cn1. The average molecular weight is 268 g/mol. The molecule has 1 aromatic rings. The summed E-state index contributed by atoms with van der Waals surface area (Å²) >= 11 is 5.04. The zero-order valence-corrected chi connectivity index (χ0v) is 11.9. The molecule has 0 saturated heterocycles. The lowest BCUT2D eigenvalue weighted by Gasteiger charge is -2.28. The fourth-order valence-electron chi connectivity index (χ4n) is 1.88. The van der Waals surface area contributed by atoms with Crippen LogP contribution in [0.2, 0.25) is 0 Å². The largest absolute Gasteiger partial charge is 0.392 e. The molecular weight excluding hydrogens is 248 g/mol. The molecule has 0 aromatic carbocycles. The zero-order valence-electron chi connectivity index (χ0n) is 11.1. The number of nitrogens with two attached hydrogens (primary N) is 1. The van der Waals surface area contributed by atoms with Crippen molar-refractivity contribution in [3.8, 4) is 0 Å². The van der Waals surface area contributed by atoms with E-state index < -0.39 is 5.41 Å². The summed E-state index contributed by atoms with van der Waals surface area (Å²) in [5.74, 6) is -0.157. The monoisotopic (exact) mass is 268 g/mol. The summed E-state index contributed by atoms with van der Waals surface area (Å²) in [6, 6.07) is 0. The second-order valence-corrected chi connectivity index (χ2v) is 4.63. The Kier molecular flexibility index (Phi) is 4.84. The van der Waals surface area contributed by atoms with E-state index in [0.29, 0.717) is 18.5 Å². The first-order chi connectivity index (χ1) is 8.50. The van der Waals surface area contributed by atoms with Gasteiger partial charge in [0.2, 0.25) is 5.91 Å². The number of rotatable bonds is 6.